The van der Waals surface area contributed by atoms with Crippen molar-refractivity contribution in [1.82, 2.24) is 4.98 Å². The molecule has 8 heteroatoms. The van der Waals surface area contributed by atoms with Gasteiger partial charge in [-0.15, -0.1) is 0 Å². The zero-order valence-electron chi connectivity index (χ0n) is 10.6. The number of hydrogen-bond acceptors (Lipinski definition) is 3. The Labute approximate surface area is 121 Å². The van der Waals surface area contributed by atoms with Crippen molar-refractivity contribution in [2.24, 2.45) is 0 Å². The van der Waals surface area contributed by atoms with E-state index < -0.39 is 22.9 Å². The Bertz CT molecular complexity index is 706. The topological polar surface area (TPSA) is 42.1 Å². The number of aromatic nitrogens is 1. The number of fused-ring (bicyclic) bond motifs is 1. The van der Waals surface area contributed by atoms with Crippen molar-refractivity contribution in [2.45, 2.75) is 11.1 Å². The number of hydrogen-bond donors (Lipinski definition) is 1. The third-order valence-corrected chi connectivity index (χ3v) is 3.56. The average molecular weight is 319 g/mol. The lowest BCUT2D eigenvalue weighted by Gasteiger charge is -2.10. The molecule has 2 rings (SSSR count). The summed E-state index contributed by atoms with van der Waals surface area (Å²) >= 11 is 0.219. The second-order valence-corrected chi connectivity index (χ2v) is 4.94. The van der Waals surface area contributed by atoms with Crippen LogP contribution in [0.3, 0.4) is 0 Å². The number of H-pyrrole nitrogens is 1. The lowest BCUT2D eigenvalue weighted by atomic mass is 10.2. The van der Waals surface area contributed by atoms with E-state index in [2.05, 4.69) is 9.72 Å². The number of benzene rings is 1. The maximum atomic E-state index is 13.9. The number of para-hydroxylation sites is 1. The minimum absolute atomic E-state index is 0.219. The predicted molar refractivity (Wildman–Crippen MR) is 70.4 cm³/mol. The van der Waals surface area contributed by atoms with E-state index in [4.69, 9.17) is 0 Å². The summed E-state index contributed by atoms with van der Waals surface area (Å²) in [7, 11) is 0.762. The van der Waals surface area contributed by atoms with E-state index in [1.807, 2.05) is 0 Å². The van der Waals surface area contributed by atoms with Crippen molar-refractivity contribution in [3.05, 3.63) is 41.2 Å². The molecule has 2 aromatic rings. The van der Waals surface area contributed by atoms with Gasteiger partial charge in [0.2, 0.25) is 0 Å². The molecular weight excluding hydrogens is 310 g/mol. The zero-order valence-corrected chi connectivity index (χ0v) is 11.4. The molecular formula is C13H9F4NO2S. The minimum atomic E-state index is -5.13. The Morgan fingerprint density at radius 1 is 1.29 bits per heavy atom. The van der Waals surface area contributed by atoms with Crippen LogP contribution in [0, 0.1) is 0 Å². The first-order valence-electron chi connectivity index (χ1n) is 5.64. The van der Waals surface area contributed by atoms with Crippen LogP contribution in [-0.2, 0) is 9.53 Å². The first kappa shape index (κ1) is 15.4. The fourth-order valence-electron chi connectivity index (χ4n) is 1.69. The average Bonchev–Trinajstić information content (AvgIpc) is 2.80. The molecule has 0 bridgehead atoms. The van der Waals surface area contributed by atoms with Gasteiger partial charge >= 0.3 is 12.1 Å². The third kappa shape index (κ3) is 3.21. The van der Waals surface area contributed by atoms with Crippen LogP contribution in [0.15, 0.2) is 46.1 Å². The van der Waals surface area contributed by atoms with Crippen LogP contribution in [-0.4, -0.2) is 24.2 Å². The molecule has 21 heavy (non-hydrogen) atoms. The summed E-state index contributed by atoms with van der Waals surface area (Å²) in [6, 6.07) is 6.74. The number of esters is 1. The molecule has 1 aromatic heterocycles. The highest BCUT2D eigenvalue weighted by molar-refractivity contribution is 8.03. The molecule has 0 aliphatic rings. The van der Waals surface area contributed by atoms with Crippen LogP contribution in [0.5, 0.6) is 0 Å². The van der Waals surface area contributed by atoms with Gasteiger partial charge in [-0.1, -0.05) is 30.0 Å². The predicted octanol–water partition coefficient (Wildman–Crippen LogP) is 4.18. The molecule has 0 radical (unpaired) electrons. The normalized spacial score (nSPS) is 13.2. The van der Waals surface area contributed by atoms with Crippen LogP contribution < -0.4 is 0 Å². The van der Waals surface area contributed by atoms with E-state index in [0.29, 0.717) is 10.9 Å². The molecule has 1 N–H and O–H groups in total. The molecule has 1 aromatic carbocycles. The van der Waals surface area contributed by atoms with E-state index in [0.717, 1.165) is 7.11 Å². The molecule has 0 aliphatic heterocycles. The smallest absolute Gasteiger partial charge is 0.426 e. The Morgan fingerprint density at radius 3 is 2.57 bits per heavy atom. The van der Waals surface area contributed by atoms with Gasteiger partial charge in [-0.2, -0.15) is 17.6 Å². The molecule has 0 aliphatic carbocycles. The Kier molecular flexibility index (Phi) is 4.26. The highest BCUT2D eigenvalue weighted by Gasteiger charge is 2.43. The highest BCUT2D eigenvalue weighted by Crippen LogP contribution is 2.40. The molecule has 0 amide bonds. The molecule has 1 heterocycles. The molecule has 112 valence electrons. The second kappa shape index (κ2) is 5.80. The SMILES string of the molecule is COC(=O)/C(=C(/F)Sc1c[nH]c2ccccc12)C(F)(F)F. The van der Waals surface area contributed by atoms with Gasteiger partial charge in [0.1, 0.15) is 0 Å². The first-order valence-corrected chi connectivity index (χ1v) is 6.45. The summed E-state index contributed by atoms with van der Waals surface area (Å²) in [5.74, 6) is -1.76. The van der Waals surface area contributed by atoms with Gasteiger partial charge in [0.15, 0.2) is 10.7 Å². The van der Waals surface area contributed by atoms with E-state index in [-0.39, 0.29) is 16.7 Å². The van der Waals surface area contributed by atoms with Crippen molar-refractivity contribution in [3.8, 4) is 0 Å². The maximum Gasteiger partial charge on any atom is 0.426 e. The highest BCUT2D eigenvalue weighted by atomic mass is 32.2. The molecule has 0 spiro atoms. The maximum absolute atomic E-state index is 13.9. The van der Waals surface area contributed by atoms with Crippen LogP contribution in [0.1, 0.15) is 0 Å². The van der Waals surface area contributed by atoms with Crippen LogP contribution in [0.4, 0.5) is 17.6 Å². The quantitative estimate of drug-likeness (QED) is 0.399. The fourth-order valence-corrected chi connectivity index (χ4v) is 2.59. The lowest BCUT2D eigenvalue weighted by Crippen LogP contribution is -2.22. The standard InChI is InChI=1S/C13H9F4NO2S/c1-20-12(19)10(13(15,16)17)11(14)21-9-6-18-8-5-3-2-4-7(8)9/h2-6,18H,1H3/b11-10+. The number of aromatic amines is 1. The third-order valence-electron chi connectivity index (χ3n) is 2.62. The summed E-state index contributed by atoms with van der Waals surface area (Å²) in [6.45, 7) is 0. The van der Waals surface area contributed by atoms with Gasteiger partial charge in [0.05, 0.1) is 7.11 Å². The van der Waals surface area contributed by atoms with Crippen molar-refractivity contribution < 1.29 is 27.1 Å². The van der Waals surface area contributed by atoms with E-state index >= 15 is 0 Å². The molecule has 0 fully saturated rings. The van der Waals surface area contributed by atoms with Gasteiger partial charge in [0, 0.05) is 22.0 Å². The van der Waals surface area contributed by atoms with Gasteiger partial charge < -0.3 is 9.72 Å². The van der Waals surface area contributed by atoms with Crippen molar-refractivity contribution >= 4 is 28.6 Å². The number of ether oxygens (including phenoxy) is 1. The number of nitrogens with one attached hydrogen (secondary N) is 1. The monoisotopic (exact) mass is 319 g/mol. The lowest BCUT2D eigenvalue weighted by molar-refractivity contribution is -0.148. The fraction of sp³-hybridized carbons (Fsp3) is 0.154. The Morgan fingerprint density at radius 2 is 1.95 bits per heavy atom. The number of carbonyl (C=O) groups excluding carboxylic acids is 1. The van der Waals surface area contributed by atoms with E-state index in [1.165, 1.54) is 6.20 Å². The number of alkyl halides is 3. The van der Waals surface area contributed by atoms with Crippen LogP contribution >= 0.6 is 11.8 Å². The number of thioether (sulfide) groups is 1. The number of rotatable bonds is 3. The minimum Gasteiger partial charge on any atom is -0.465 e. The molecule has 0 saturated heterocycles. The largest absolute Gasteiger partial charge is 0.465 e. The summed E-state index contributed by atoms with van der Waals surface area (Å²) in [5.41, 5.74) is -1.29. The van der Waals surface area contributed by atoms with Gasteiger partial charge in [-0.3, -0.25) is 0 Å². The summed E-state index contributed by atoms with van der Waals surface area (Å²) < 4.78 is 56.1. The molecule has 0 unspecified atom stereocenters. The van der Waals surface area contributed by atoms with Crippen LogP contribution in [0.25, 0.3) is 10.9 Å². The Balaban J connectivity index is 2.44. The zero-order chi connectivity index (χ0) is 15.6. The van der Waals surface area contributed by atoms with Crippen molar-refractivity contribution in [1.29, 1.82) is 0 Å². The summed E-state index contributed by atoms with van der Waals surface area (Å²) in [6.07, 6.45) is -3.75. The van der Waals surface area contributed by atoms with E-state index in [1.54, 1.807) is 24.3 Å². The molecule has 0 saturated carbocycles. The number of halogens is 4. The second-order valence-electron chi connectivity index (χ2n) is 3.94. The van der Waals surface area contributed by atoms with Gasteiger partial charge in [0.25, 0.3) is 0 Å². The van der Waals surface area contributed by atoms with Gasteiger partial charge in [-0.05, 0) is 6.07 Å². The van der Waals surface area contributed by atoms with Crippen molar-refractivity contribution in [2.75, 3.05) is 7.11 Å². The molecule has 0 atom stereocenters. The van der Waals surface area contributed by atoms with Gasteiger partial charge in [-0.25, -0.2) is 4.79 Å². The number of carbonyl (C=O) groups is 1. The van der Waals surface area contributed by atoms with E-state index in [9.17, 15) is 22.4 Å². The van der Waals surface area contributed by atoms with Crippen LogP contribution in [0.2, 0.25) is 0 Å². The summed E-state index contributed by atoms with van der Waals surface area (Å²) in [5, 5.41) is -1.09. The Hall–Kier alpha value is -1.96. The van der Waals surface area contributed by atoms with Crippen molar-refractivity contribution in [3.63, 3.8) is 0 Å². The molecule has 3 nitrogen and oxygen atoms in total. The number of methoxy groups -OCH3 is 1. The first-order chi connectivity index (χ1) is 9.84. The summed E-state index contributed by atoms with van der Waals surface area (Å²) in [4.78, 5) is 14.2.